The lowest BCUT2D eigenvalue weighted by Crippen LogP contribution is -2.56. The van der Waals surface area contributed by atoms with Crippen LogP contribution in [0.3, 0.4) is 0 Å². The molecule has 25 heavy (non-hydrogen) atoms. The maximum Gasteiger partial charge on any atom is 0.408 e. The summed E-state index contributed by atoms with van der Waals surface area (Å²) >= 11 is 0.665. The molecule has 0 bridgehead atoms. The average molecular weight is 375 g/mol. The SMILES string of the molecule is Cc1cc(C)cc(C2=NC(SCC(=O)O)C(=O)N(CC(F)(F)F)N2)c1. The minimum absolute atomic E-state index is 0.0959. The first-order valence-corrected chi connectivity index (χ1v) is 8.25. The molecule has 1 aromatic carbocycles. The topological polar surface area (TPSA) is 82.0 Å². The number of hydrogen-bond donors (Lipinski definition) is 2. The van der Waals surface area contributed by atoms with Crippen LogP contribution in [0.4, 0.5) is 13.2 Å². The van der Waals surface area contributed by atoms with Crippen LogP contribution in [0.2, 0.25) is 0 Å². The molecule has 136 valence electrons. The Hall–Kier alpha value is -2.23. The van der Waals surface area contributed by atoms with E-state index in [4.69, 9.17) is 5.11 Å². The summed E-state index contributed by atoms with van der Waals surface area (Å²) in [5.74, 6) is -2.46. The van der Waals surface area contributed by atoms with Crippen LogP contribution in [-0.2, 0) is 9.59 Å². The molecule has 1 unspecified atom stereocenters. The number of alkyl halides is 3. The van der Waals surface area contributed by atoms with Gasteiger partial charge in [0, 0.05) is 5.56 Å². The Kier molecular flexibility index (Phi) is 5.61. The molecular formula is C15H16F3N3O3S. The number of aryl methyl sites for hydroxylation is 2. The summed E-state index contributed by atoms with van der Waals surface area (Å²) in [6.45, 7) is 2.16. The third kappa shape index (κ3) is 5.38. The van der Waals surface area contributed by atoms with Gasteiger partial charge in [0.15, 0.2) is 5.37 Å². The molecule has 0 saturated carbocycles. The fourth-order valence-corrected chi connectivity index (χ4v) is 3.07. The smallest absolute Gasteiger partial charge is 0.408 e. The fraction of sp³-hybridized carbons (Fsp3) is 0.400. The van der Waals surface area contributed by atoms with Gasteiger partial charge in [-0.3, -0.25) is 15.0 Å². The Balaban J connectivity index is 2.36. The third-order valence-electron chi connectivity index (χ3n) is 3.16. The summed E-state index contributed by atoms with van der Waals surface area (Å²) in [5, 5.41) is 7.92. The van der Waals surface area contributed by atoms with Gasteiger partial charge in [0.1, 0.15) is 12.4 Å². The van der Waals surface area contributed by atoms with Crippen molar-refractivity contribution < 1.29 is 27.9 Å². The molecule has 0 aliphatic carbocycles. The van der Waals surface area contributed by atoms with Crippen molar-refractivity contribution in [3.63, 3.8) is 0 Å². The highest BCUT2D eigenvalue weighted by molar-refractivity contribution is 8.01. The molecule has 0 spiro atoms. The number of thioether (sulfide) groups is 1. The van der Waals surface area contributed by atoms with E-state index in [1.807, 2.05) is 19.9 Å². The van der Waals surface area contributed by atoms with Crippen LogP contribution in [-0.4, -0.2) is 51.7 Å². The normalized spacial score (nSPS) is 18.0. The number of nitrogens with zero attached hydrogens (tertiary/aromatic N) is 2. The molecular weight excluding hydrogens is 359 g/mol. The van der Waals surface area contributed by atoms with Gasteiger partial charge in [0.05, 0.1) is 5.75 Å². The van der Waals surface area contributed by atoms with Crippen LogP contribution in [0.15, 0.2) is 23.2 Å². The number of amides is 1. The number of aliphatic carboxylic acids is 1. The van der Waals surface area contributed by atoms with Gasteiger partial charge in [0.2, 0.25) is 0 Å². The summed E-state index contributed by atoms with van der Waals surface area (Å²) < 4.78 is 38.2. The number of carboxylic acid groups (broad SMARTS) is 1. The first-order chi connectivity index (χ1) is 11.5. The van der Waals surface area contributed by atoms with E-state index in [1.165, 1.54) is 0 Å². The van der Waals surface area contributed by atoms with Crippen molar-refractivity contribution in [2.24, 2.45) is 4.99 Å². The highest BCUT2D eigenvalue weighted by atomic mass is 32.2. The fourth-order valence-electron chi connectivity index (χ4n) is 2.32. The third-order valence-corrected chi connectivity index (χ3v) is 4.20. The van der Waals surface area contributed by atoms with Crippen LogP contribution in [0.5, 0.6) is 0 Å². The number of aliphatic imine (C=N–C) groups is 1. The first-order valence-electron chi connectivity index (χ1n) is 7.20. The van der Waals surface area contributed by atoms with Crippen LogP contribution in [0.25, 0.3) is 0 Å². The highest BCUT2D eigenvalue weighted by Crippen LogP contribution is 2.24. The second-order valence-corrected chi connectivity index (χ2v) is 6.63. The maximum absolute atomic E-state index is 12.7. The van der Waals surface area contributed by atoms with Crippen LogP contribution in [0.1, 0.15) is 16.7 Å². The van der Waals surface area contributed by atoms with Crippen molar-refractivity contribution in [3.05, 3.63) is 34.9 Å². The van der Waals surface area contributed by atoms with Crippen LogP contribution >= 0.6 is 11.8 Å². The number of carboxylic acids is 1. The number of carbonyl (C=O) groups excluding carboxylic acids is 1. The van der Waals surface area contributed by atoms with E-state index in [9.17, 15) is 22.8 Å². The lowest BCUT2D eigenvalue weighted by Gasteiger charge is -2.32. The van der Waals surface area contributed by atoms with Gasteiger partial charge >= 0.3 is 12.1 Å². The van der Waals surface area contributed by atoms with Crippen molar-refractivity contribution in [1.82, 2.24) is 10.4 Å². The van der Waals surface area contributed by atoms with Crippen molar-refractivity contribution >= 4 is 29.5 Å². The number of nitrogens with one attached hydrogen (secondary N) is 1. The molecule has 2 N–H and O–H groups in total. The van der Waals surface area contributed by atoms with E-state index in [1.54, 1.807) is 12.1 Å². The molecule has 1 heterocycles. The molecule has 6 nitrogen and oxygen atoms in total. The zero-order chi connectivity index (χ0) is 18.8. The highest BCUT2D eigenvalue weighted by Gasteiger charge is 2.39. The molecule has 10 heteroatoms. The Bertz CT molecular complexity index is 701. The monoisotopic (exact) mass is 375 g/mol. The lowest BCUT2D eigenvalue weighted by atomic mass is 10.1. The Morgan fingerprint density at radius 2 is 1.92 bits per heavy atom. The van der Waals surface area contributed by atoms with Crippen molar-refractivity contribution in [3.8, 4) is 0 Å². The zero-order valence-corrected chi connectivity index (χ0v) is 14.2. The van der Waals surface area contributed by atoms with Gasteiger partial charge in [-0.25, -0.2) is 10.0 Å². The lowest BCUT2D eigenvalue weighted by molar-refractivity contribution is -0.165. The van der Waals surface area contributed by atoms with Gasteiger partial charge in [-0.15, -0.1) is 11.8 Å². The molecule has 0 aromatic heterocycles. The molecule has 0 saturated heterocycles. The molecule has 1 aromatic rings. The van der Waals surface area contributed by atoms with E-state index in [2.05, 4.69) is 10.4 Å². The Morgan fingerprint density at radius 1 is 1.32 bits per heavy atom. The quantitative estimate of drug-likeness (QED) is 0.824. The molecule has 2 rings (SSSR count). The van der Waals surface area contributed by atoms with Crippen molar-refractivity contribution in [2.75, 3.05) is 12.3 Å². The summed E-state index contributed by atoms with van der Waals surface area (Å²) in [5.41, 5.74) is 4.69. The maximum atomic E-state index is 12.7. The largest absolute Gasteiger partial charge is 0.481 e. The molecule has 1 atom stereocenters. The second kappa shape index (κ2) is 7.34. The molecule has 0 radical (unpaired) electrons. The van der Waals surface area contributed by atoms with Gasteiger partial charge in [-0.05, 0) is 26.0 Å². The van der Waals surface area contributed by atoms with E-state index in [0.717, 1.165) is 11.1 Å². The van der Waals surface area contributed by atoms with Gasteiger partial charge < -0.3 is 5.11 Å². The summed E-state index contributed by atoms with van der Waals surface area (Å²) in [6, 6.07) is 5.33. The van der Waals surface area contributed by atoms with E-state index in [-0.39, 0.29) is 5.84 Å². The number of rotatable bonds is 5. The number of benzene rings is 1. The number of hydrazine groups is 1. The van der Waals surface area contributed by atoms with Crippen LogP contribution < -0.4 is 5.43 Å². The minimum atomic E-state index is -4.60. The summed E-state index contributed by atoms with van der Waals surface area (Å²) in [7, 11) is 0. The minimum Gasteiger partial charge on any atom is -0.481 e. The number of amidine groups is 1. The van der Waals surface area contributed by atoms with Gasteiger partial charge in [0.25, 0.3) is 5.91 Å². The average Bonchev–Trinajstić information content (AvgIpc) is 2.45. The predicted octanol–water partition coefficient (Wildman–Crippen LogP) is 2.10. The second-order valence-electron chi connectivity index (χ2n) is 5.56. The zero-order valence-electron chi connectivity index (χ0n) is 13.4. The molecule has 1 aliphatic heterocycles. The molecule has 1 amide bonds. The Morgan fingerprint density at radius 3 is 2.44 bits per heavy atom. The van der Waals surface area contributed by atoms with Crippen molar-refractivity contribution in [1.29, 1.82) is 0 Å². The van der Waals surface area contributed by atoms with Gasteiger partial charge in [-0.2, -0.15) is 13.2 Å². The van der Waals surface area contributed by atoms with E-state index < -0.39 is 35.7 Å². The summed E-state index contributed by atoms with van der Waals surface area (Å²) in [4.78, 5) is 27.0. The van der Waals surface area contributed by atoms with Crippen LogP contribution in [0, 0.1) is 13.8 Å². The first kappa shape index (κ1) is 19.1. The molecule has 0 fully saturated rings. The molecule has 1 aliphatic rings. The van der Waals surface area contributed by atoms with Crippen molar-refractivity contribution in [2.45, 2.75) is 25.4 Å². The number of halogens is 3. The van der Waals surface area contributed by atoms with E-state index in [0.29, 0.717) is 22.3 Å². The summed E-state index contributed by atoms with van der Waals surface area (Å²) in [6.07, 6.45) is -4.60. The van der Waals surface area contributed by atoms with E-state index >= 15 is 0 Å². The standard InChI is InChI=1S/C15H16F3N3O3S/c1-8-3-9(2)5-10(4-8)12-19-13(25-6-11(22)23)14(24)21(20-12)7-15(16,17)18/h3-5,13H,6-7H2,1-2H3,(H,19,20)(H,22,23). The Labute approximate surface area is 146 Å². The number of carbonyl (C=O) groups is 2. The number of hydrogen-bond acceptors (Lipinski definition) is 5. The van der Waals surface area contributed by atoms with Gasteiger partial charge in [-0.1, -0.05) is 17.2 Å². The predicted molar refractivity (Wildman–Crippen MR) is 87.2 cm³/mol.